The van der Waals surface area contributed by atoms with Gasteiger partial charge < -0.3 is 9.84 Å². The summed E-state index contributed by atoms with van der Waals surface area (Å²) in [4.78, 5) is 0. The number of benzene rings is 2. The number of ether oxygens (including phenoxy) is 1. The first-order valence-electron chi connectivity index (χ1n) is 6.12. The van der Waals surface area contributed by atoms with Crippen molar-refractivity contribution in [3.8, 4) is 16.9 Å². The second-order valence-corrected chi connectivity index (χ2v) is 4.76. The van der Waals surface area contributed by atoms with Gasteiger partial charge in [-0.3, -0.25) is 0 Å². The average molecular weight is 317 g/mol. The van der Waals surface area contributed by atoms with Crippen LogP contribution in [0.2, 0.25) is 5.02 Å². The molecule has 112 valence electrons. The highest BCUT2D eigenvalue weighted by Crippen LogP contribution is 2.36. The maximum absolute atomic E-state index is 12.9. The molecule has 0 atom stereocenters. The van der Waals surface area contributed by atoms with Crippen LogP contribution in [-0.2, 0) is 6.18 Å². The highest BCUT2D eigenvalue weighted by atomic mass is 35.5. The van der Waals surface area contributed by atoms with Crippen molar-refractivity contribution in [2.24, 2.45) is 0 Å². The summed E-state index contributed by atoms with van der Waals surface area (Å²) < 4.78 is 43.9. The molecule has 1 N–H and O–H groups in total. The molecule has 0 aliphatic rings. The SMILES string of the molecule is OCCOc1cc(-c2cccc(Cl)c2)cc(C(F)(F)F)c1. The Morgan fingerprint density at radius 3 is 2.43 bits per heavy atom. The van der Waals surface area contributed by atoms with E-state index in [2.05, 4.69) is 0 Å². The zero-order valence-electron chi connectivity index (χ0n) is 10.8. The minimum Gasteiger partial charge on any atom is -0.491 e. The smallest absolute Gasteiger partial charge is 0.416 e. The molecule has 0 spiro atoms. The van der Waals surface area contributed by atoms with E-state index in [1.807, 2.05) is 0 Å². The number of hydrogen-bond donors (Lipinski definition) is 1. The van der Waals surface area contributed by atoms with Crippen LogP contribution in [0.4, 0.5) is 13.2 Å². The molecule has 0 aliphatic carbocycles. The molecule has 0 aromatic heterocycles. The molecule has 0 aliphatic heterocycles. The summed E-state index contributed by atoms with van der Waals surface area (Å²) in [5, 5.41) is 9.15. The molecule has 0 radical (unpaired) electrons. The van der Waals surface area contributed by atoms with Gasteiger partial charge in [0.1, 0.15) is 12.4 Å². The Kier molecular flexibility index (Phi) is 4.75. The van der Waals surface area contributed by atoms with E-state index < -0.39 is 11.7 Å². The Labute approximate surface area is 124 Å². The van der Waals surface area contributed by atoms with Crippen LogP contribution >= 0.6 is 11.6 Å². The molecule has 0 saturated heterocycles. The summed E-state index contributed by atoms with van der Waals surface area (Å²) in [7, 11) is 0. The molecule has 0 amide bonds. The quantitative estimate of drug-likeness (QED) is 0.906. The Bertz CT molecular complexity index is 627. The number of alkyl halides is 3. The molecule has 2 aromatic carbocycles. The van der Waals surface area contributed by atoms with E-state index in [1.165, 1.54) is 6.07 Å². The first-order chi connectivity index (χ1) is 9.90. The number of halogens is 4. The van der Waals surface area contributed by atoms with Crippen LogP contribution in [0.25, 0.3) is 11.1 Å². The fourth-order valence-corrected chi connectivity index (χ4v) is 2.03. The first-order valence-corrected chi connectivity index (χ1v) is 6.50. The van der Waals surface area contributed by atoms with Crippen LogP contribution in [0.5, 0.6) is 5.75 Å². The normalized spacial score (nSPS) is 11.5. The van der Waals surface area contributed by atoms with Crippen molar-refractivity contribution in [1.29, 1.82) is 0 Å². The number of hydrogen-bond acceptors (Lipinski definition) is 2. The lowest BCUT2D eigenvalue weighted by molar-refractivity contribution is -0.137. The lowest BCUT2D eigenvalue weighted by Crippen LogP contribution is -2.07. The number of aliphatic hydroxyl groups is 1. The van der Waals surface area contributed by atoms with Gasteiger partial charge in [0, 0.05) is 5.02 Å². The van der Waals surface area contributed by atoms with Crippen LogP contribution in [0, 0.1) is 0 Å². The minimum absolute atomic E-state index is 0.0499. The Morgan fingerprint density at radius 1 is 1.05 bits per heavy atom. The van der Waals surface area contributed by atoms with Gasteiger partial charge in [-0.2, -0.15) is 13.2 Å². The van der Waals surface area contributed by atoms with Crippen LogP contribution < -0.4 is 4.74 Å². The third-order valence-corrected chi connectivity index (χ3v) is 2.99. The third kappa shape index (κ3) is 4.12. The molecule has 21 heavy (non-hydrogen) atoms. The largest absolute Gasteiger partial charge is 0.491 e. The number of rotatable bonds is 4. The standard InChI is InChI=1S/C15H12ClF3O2/c16-13-3-1-2-10(7-13)11-6-12(15(17,18)19)9-14(8-11)21-5-4-20/h1-3,6-9,20H,4-5H2. The van der Waals surface area contributed by atoms with Crippen molar-refractivity contribution < 1.29 is 23.0 Å². The molecule has 2 rings (SSSR count). The molecular weight excluding hydrogens is 305 g/mol. The summed E-state index contributed by atoms with van der Waals surface area (Å²) in [6, 6.07) is 9.97. The average Bonchev–Trinajstić information content (AvgIpc) is 2.44. The first kappa shape index (κ1) is 15.7. The van der Waals surface area contributed by atoms with Crippen molar-refractivity contribution in [2.75, 3.05) is 13.2 Å². The van der Waals surface area contributed by atoms with Crippen LogP contribution in [0.3, 0.4) is 0 Å². The third-order valence-electron chi connectivity index (χ3n) is 2.75. The monoisotopic (exact) mass is 316 g/mol. The summed E-state index contributed by atoms with van der Waals surface area (Å²) in [6.45, 7) is -0.348. The predicted molar refractivity (Wildman–Crippen MR) is 74.5 cm³/mol. The minimum atomic E-state index is -4.48. The van der Waals surface area contributed by atoms with Crippen molar-refractivity contribution in [1.82, 2.24) is 0 Å². The summed E-state index contributed by atoms with van der Waals surface area (Å²) in [5.74, 6) is 0.0499. The van der Waals surface area contributed by atoms with Crippen molar-refractivity contribution in [3.63, 3.8) is 0 Å². The molecule has 2 nitrogen and oxygen atoms in total. The molecular formula is C15H12ClF3O2. The molecule has 0 fully saturated rings. The Balaban J connectivity index is 2.49. The predicted octanol–water partition coefficient (Wildman–Crippen LogP) is 4.40. The van der Waals surface area contributed by atoms with Gasteiger partial charge in [-0.25, -0.2) is 0 Å². The molecule has 0 saturated carbocycles. The van der Waals surface area contributed by atoms with Crippen LogP contribution in [0.1, 0.15) is 5.56 Å². The lowest BCUT2D eigenvalue weighted by atomic mass is 10.0. The molecule has 0 heterocycles. The van der Waals surface area contributed by atoms with E-state index in [1.54, 1.807) is 24.3 Å². The van der Waals surface area contributed by atoms with Crippen molar-refractivity contribution in [2.45, 2.75) is 6.18 Å². The topological polar surface area (TPSA) is 29.5 Å². The van der Waals surface area contributed by atoms with Gasteiger partial charge in [-0.15, -0.1) is 0 Å². The van der Waals surface area contributed by atoms with E-state index in [4.69, 9.17) is 21.4 Å². The van der Waals surface area contributed by atoms with Gasteiger partial charge in [-0.1, -0.05) is 23.7 Å². The Hall–Kier alpha value is -1.72. The zero-order valence-corrected chi connectivity index (χ0v) is 11.6. The zero-order chi connectivity index (χ0) is 15.5. The highest BCUT2D eigenvalue weighted by molar-refractivity contribution is 6.30. The second kappa shape index (κ2) is 6.37. The number of aliphatic hydroxyl groups excluding tert-OH is 1. The lowest BCUT2D eigenvalue weighted by Gasteiger charge is -2.13. The van der Waals surface area contributed by atoms with Gasteiger partial charge in [0.15, 0.2) is 0 Å². The van der Waals surface area contributed by atoms with E-state index in [9.17, 15) is 13.2 Å². The van der Waals surface area contributed by atoms with E-state index in [0.29, 0.717) is 16.1 Å². The van der Waals surface area contributed by atoms with Crippen LogP contribution in [0.15, 0.2) is 42.5 Å². The van der Waals surface area contributed by atoms with Gasteiger partial charge in [0.25, 0.3) is 0 Å². The molecule has 6 heteroatoms. The summed E-state index contributed by atoms with van der Waals surface area (Å²) >= 11 is 5.86. The van der Waals surface area contributed by atoms with Gasteiger partial charge >= 0.3 is 6.18 Å². The maximum Gasteiger partial charge on any atom is 0.416 e. The fourth-order valence-electron chi connectivity index (χ4n) is 1.84. The van der Waals surface area contributed by atoms with E-state index >= 15 is 0 Å². The summed E-state index contributed by atoms with van der Waals surface area (Å²) in [6.07, 6.45) is -4.48. The molecule has 2 aromatic rings. The summed E-state index contributed by atoms with van der Waals surface area (Å²) in [5.41, 5.74) is 0.0932. The fraction of sp³-hybridized carbons (Fsp3) is 0.200. The van der Waals surface area contributed by atoms with Crippen molar-refractivity contribution >= 4 is 11.6 Å². The van der Waals surface area contributed by atoms with Gasteiger partial charge in [0.2, 0.25) is 0 Å². The molecule has 0 bridgehead atoms. The van der Waals surface area contributed by atoms with Crippen LogP contribution in [-0.4, -0.2) is 18.3 Å². The van der Waals surface area contributed by atoms with Gasteiger partial charge in [-0.05, 0) is 41.5 Å². The second-order valence-electron chi connectivity index (χ2n) is 4.33. The maximum atomic E-state index is 12.9. The van der Waals surface area contributed by atoms with Crippen molar-refractivity contribution in [3.05, 3.63) is 53.1 Å². The highest BCUT2D eigenvalue weighted by Gasteiger charge is 2.31. The molecule has 0 unspecified atom stereocenters. The van der Waals surface area contributed by atoms with E-state index in [-0.39, 0.29) is 19.0 Å². The Morgan fingerprint density at radius 2 is 1.81 bits per heavy atom. The van der Waals surface area contributed by atoms with E-state index in [0.717, 1.165) is 12.1 Å². The van der Waals surface area contributed by atoms with Gasteiger partial charge in [0.05, 0.1) is 12.2 Å².